The minimum Gasteiger partial charge on any atom is -0.387 e. The number of fused-ring (bicyclic) bond motifs is 1. The van der Waals surface area contributed by atoms with Crippen LogP contribution in [0.25, 0.3) is 0 Å². The van der Waals surface area contributed by atoms with Crippen molar-refractivity contribution in [3.8, 4) is 12.1 Å². The van der Waals surface area contributed by atoms with Crippen molar-refractivity contribution in [3.63, 3.8) is 0 Å². The van der Waals surface area contributed by atoms with E-state index in [9.17, 15) is 32.6 Å². The van der Waals surface area contributed by atoms with Crippen LogP contribution in [-0.4, -0.2) is 28.3 Å². The third-order valence-corrected chi connectivity index (χ3v) is 3.81. The molecule has 120 valence electrons. The van der Waals surface area contributed by atoms with E-state index in [0.29, 0.717) is 0 Å². The monoisotopic (exact) mass is 328 g/mol. The highest BCUT2D eigenvalue weighted by Gasteiger charge is 2.55. The summed E-state index contributed by atoms with van der Waals surface area (Å²) in [5, 5.41) is 37.3. The fraction of sp³-hybridized carbons (Fsp3) is 0.357. The molecule has 1 aromatic rings. The Morgan fingerprint density at radius 1 is 1.22 bits per heavy atom. The number of aliphatic hydroxyl groups excluding tert-OH is 2. The Kier molecular flexibility index (Phi) is 3.89. The van der Waals surface area contributed by atoms with Crippen LogP contribution in [0.3, 0.4) is 0 Å². The van der Waals surface area contributed by atoms with Gasteiger partial charge in [-0.15, -0.1) is 0 Å². The van der Waals surface area contributed by atoms with Crippen molar-refractivity contribution in [3.05, 3.63) is 33.6 Å². The van der Waals surface area contributed by atoms with Crippen LogP contribution in [0.2, 0.25) is 0 Å². The second-order valence-corrected chi connectivity index (χ2v) is 5.02. The molecule has 0 spiro atoms. The van der Waals surface area contributed by atoms with Gasteiger partial charge in [0.15, 0.2) is 17.7 Å². The van der Waals surface area contributed by atoms with Crippen LogP contribution in [-0.2, 0) is 0 Å². The maximum atomic E-state index is 14.3. The Morgan fingerprint density at radius 2 is 1.74 bits per heavy atom. The Hall–Kier alpha value is -2.49. The van der Waals surface area contributed by atoms with Crippen LogP contribution < -0.4 is 0 Å². The zero-order chi connectivity index (χ0) is 17.7. The molecular weight excluding hydrogens is 320 g/mol. The van der Waals surface area contributed by atoms with Gasteiger partial charge < -0.3 is 10.2 Å². The molecule has 0 heterocycles. The summed E-state index contributed by atoms with van der Waals surface area (Å²) in [6.07, 6.45) is -10.7. The number of carbonyl (C=O) groups excluding carboxylic acids is 1. The standard InChI is InChI=1S/C14H8F4N2O3/c1-4-5(2-19)7-8(10(15)6(4)3-20)12(22)9(11(7)21)13(23)14(16,17)18/h9,11,13,21,23H,1H3. The van der Waals surface area contributed by atoms with Gasteiger partial charge in [-0.1, -0.05) is 0 Å². The highest BCUT2D eigenvalue weighted by molar-refractivity contribution is 6.04. The Morgan fingerprint density at radius 3 is 2.17 bits per heavy atom. The molecule has 1 aliphatic carbocycles. The van der Waals surface area contributed by atoms with Crippen LogP contribution >= 0.6 is 0 Å². The van der Waals surface area contributed by atoms with Gasteiger partial charge in [0.25, 0.3) is 0 Å². The van der Waals surface area contributed by atoms with Gasteiger partial charge in [-0.25, -0.2) is 4.39 Å². The summed E-state index contributed by atoms with van der Waals surface area (Å²) in [5.41, 5.74) is -2.89. The molecule has 0 radical (unpaired) electrons. The summed E-state index contributed by atoms with van der Waals surface area (Å²) in [6.45, 7) is 1.17. The summed E-state index contributed by atoms with van der Waals surface area (Å²) < 4.78 is 52.2. The van der Waals surface area contributed by atoms with E-state index in [1.165, 1.54) is 13.0 Å². The number of rotatable bonds is 1. The van der Waals surface area contributed by atoms with E-state index in [-0.39, 0.29) is 5.56 Å². The lowest BCUT2D eigenvalue weighted by atomic mass is 9.92. The molecule has 0 fully saturated rings. The van der Waals surface area contributed by atoms with E-state index in [4.69, 9.17) is 10.5 Å². The predicted octanol–water partition coefficient (Wildman–Crippen LogP) is 1.65. The predicted molar refractivity (Wildman–Crippen MR) is 65.4 cm³/mol. The van der Waals surface area contributed by atoms with Gasteiger partial charge in [-0.3, -0.25) is 4.79 Å². The third kappa shape index (κ3) is 2.25. The highest BCUT2D eigenvalue weighted by atomic mass is 19.4. The largest absolute Gasteiger partial charge is 0.415 e. The lowest BCUT2D eigenvalue weighted by molar-refractivity contribution is -0.221. The normalized spacial score (nSPS) is 21.5. The summed E-state index contributed by atoms with van der Waals surface area (Å²) in [5.74, 6) is -5.29. The molecule has 5 nitrogen and oxygen atoms in total. The second kappa shape index (κ2) is 5.30. The number of alkyl halides is 3. The van der Waals surface area contributed by atoms with E-state index >= 15 is 0 Å². The summed E-state index contributed by atoms with van der Waals surface area (Å²) in [6, 6.07) is 2.99. The number of Topliss-reactive ketones (excluding diaryl/α,β-unsaturated/α-hetero) is 1. The first-order chi connectivity index (χ1) is 10.6. The molecular formula is C14H8F4N2O3. The van der Waals surface area contributed by atoms with Gasteiger partial charge in [0.2, 0.25) is 0 Å². The van der Waals surface area contributed by atoms with Crippen molar-refractivity contribution >= 4 is 5.78 Å². The van der Waals surface area contributed by atoms with Crippen molar-refractivity contribution in [1.82, 2.24) is 0 Å². The summed E-state index contributed by atoms with van der Waals surface area (Å²) in [7, 11) is 0. The molecule has 2 N–H and O–H groups in total. The maximum Gasteiger partial charge on any atom is 0.415 e. The van der Waals surface area contributed by atoms with Crippen LogP contribution in [0.5, 0.6) is 0 Å². The molecule has 3 atom stereocenters. The number of aliphatic hydroxyl groups is 2. The molecule has 0 aliphatic heterocycles. The van der Waals surface area contributed by atoms with E-state index in [2.05, 4.69) is 0 Å². The zero-order valence-electron chi connectivity index (χ0n) is 11.4. The molecule has 0 saturated heterocycles. The molecule has 0 aromatic heterocycles. The summed E-state index contributed by atoms with van der Waals surface area (Å²) >= 11 is 0. The van der Waals surface area contributed by atoms with Crippen LogP contribution in [0, 0.1) is 41.3 Å². The molecule has 9 heteroatoms. The molecule has 1 aromatic carbocycles. The van der Waals surface area contributed by atoms with Crippen molar-refractivity contribution in [1.29, 1.82) is 10.5 Å². The number of halogens is 4. The van der Waals surface area contributed by atoms with Crippen LogP contribution in [0.15, 0.2) is 0 Å². The molecule has 0 amide bonds. The Bertz CT molecular complexity index is 789. The minimum absolute atomic E-state index is 0.194. The van der Waals surface area contributed by atoms with Gasteiger partial charge in [0, 0.05) is 5.56 Å². The van der Waals surface area contributed by atoms with Crippen molar-refractivity contribution in [2.24, 2.45) is 5.92 Å². The third-order valence-electron chi connectivity index (χ3n) is 3.81. The first-order valence-electron chi connectivity index (χ1n) is 6.21. The number of hydrogen-bond acceptors (Lipinski definition) is 5. The van der Waals surface area contributed by atoms with Crippen molar-refractivity contribution in [2.45, 2.75) is 25.3 Å². The Balaban J connectivity index is 2.78. The Labute approximate surface area is 127 Å². The summed E-state index contributed by atoms with van der Waals surface area (Å²) in [4.78, 5) is 12.1. The number of ketones is 1. The topological polar surface area (TPSA) is 105 Å². The van der Waals surface area contributed by atoms with E-state index in [0.717, 1.165) is 0 Å². The van der Waals surface area contributed by atoms with Gasteiger partial charge in [0.1, 0.15) is 6.07 Å². The number of benzene rings is 1. The average Bonchev–Trinajstić information content (AvgIpc) is 2.70. The van der Waals surface area contributed by atoms with Gasteiger partial charge in [-0.2, -0.15) is 23.7 Å². The van der Waals surface area contributed by atoms with E-state index in [1.807, 2.05) is 0 Å². The lowest BCUT2D eigenvalue weighted by Gasteiger charge is -2.22. The molecule has 0 saturated carbocycles. The van der Waals surface area contributed by atoms with Crippen LogP contribution in [0.1, 0.15) is 38.7 Å². The first-order valence-corrected chi connectivity index (χ1v) is 6.21. The van der Waals surface area contributed by atoms with Crippen LogP contribution in [0.4, 0.5) is 17.6 Å². The quantitative estimate of drug-likeness (QED) is 0.763. The fourth-order valence-corrected chi connectivity index (χ4v) is 2.68. The molecule has 23 heavy (non-hydrogen) atoms. The molecule has 2 rings (SSSR count). The SMILES string of the molecule is Cc1c(C#N)c(F)c2c(c1C#N)C(O)C(C(O)C(F)(F)F)C2=O. The van der Waals surface area contributed by atoms with Crippen molar-refractivity contribution < 1.29 is 32.6 Å². The number of carbonyl (C=O) groups is 1. The molecule has 0 bridgehead atoms. The fourth-order valence-electron chi connectivity index (χ4n) is 2.68. The van der Waals surface area contributed by atoms with E-state index in [1.54, 1.807) is 6.07 Å². The smallest absolute Gasteiger partial charge is 0.387 e. The zero-order valence-corrected chi connectivity index (χ0v) is 11.4. The molecule has 3 unspecified atom stereocenters. The van der Waals surface area contributed by atoms with Crippen molar-refractivity contribution in [2.75, 3.05) is 0 Å². The molecule has 1 aliphatic rings. The highest BCUT2D eigenvalue weighted by Crippen LogP contribution is 2.45. The number of nitrogens with zero attached hydrogens (tertiary/aromatic N) is 2. The van der Waals surface area contributed by atoms with E-state index < -0.39 is 58.2 Å². The average molecular weight is 328 g/mol. The minimum atomic E-state index is -5.22. The second-order valence-electron chi connectivity index (χ2n) is 5.02. The lowest BCUT2D eigenvalue weighted by Crippen LogP contribution is -2.40. The first kappa shape index (κ1) is 16.9. The number of nitriles is 2. The van der Waals surface area contributed by atoms with Gasteiger partial charge in [-0.05, 0) is 12.5 Å². The number of hydrogen-bond donors (Lipinski definition) is 2. The van der Waals surface area contributed by atoms with Gasteiger partial charge in [0.05, 0.1) is 34.8 Å². The maximum absolute atomic E-state index is 14.3. The van der Waals surface area contributed by atoms with Gasteiger partial charge >= 0.3 is 6.18 Å².